The van der Waals surface area contributed by atoms with Crippen molar-refractivity contribution in [3.63, 3.8) is 0 Å². The van der Waals surface area contributed by atoms with Gasteiger partial charge in [-0.15, -0.1) is 0 Å². The summed E-state index contributed by atoms with van der Waals surface area (Å²) in [5.74, 6) is -0.832. The summed E-state index contributed by atoms with van der Waals surface area (Å²) < 4.78 is 0. The Bertz CT molecular complexity index is 417. The molecule has 0 heterocycles. The van der Waals surface area contributed by atoms with E-state index in [1.165, 1.54) is 11.8 Å². The van der Waals surface area contributed by atoms with Crippen molar-refractivity contribution in [2.45, 2.75) is 25.0 Å². The van der Waals surface area contributed by atoms with Crippen LogP contribution in [0.25, 0.3) is 0 Å². The number of carbonyl (C=O) groups excluding carboxylic acids is 1. The summed E-state index contributed by atoms with van der Waals surface area (Å²) in [5, 5.41) is 11.3. The zero-order chi connectivity index (χ0) is 13.5. The highest BCUT2D eigenvalue weighted by atomic mass is 32.2. The number of thioether (sulfide) groups is 1. The first-order chi connectivity index (χ1) is 8.52. The van der Waals surface area contributed by atoms with E-state index in [0.717, 1.165) is 11.3 Å². The molecule has 0 aliphatic carbocycles. The molecule has 0 radical (unpaired) electrons. The number of anilines is 1. The highest BCUT2D eigenvalue weighted by Gasteiger charge is 2.10. The van der Waals surface area contributed by atoms with Gasteiger partial charge in [0.25, 0.3) is 0 Å². The molecule has 4 nitrogen and oxygen atoms in total. The van der Waals surface area contributed by atoms with Crippen molar-refractivity contribution >= 4 is 29.3 Å². The molecular formula is C13H17NO3S. The van der Waals surface area contributed by atoms with Crippen LogP contribution in [0.2, 0.25) is 0 Å². The van der Waals surface area contributed by atoms with Gasteiger partial charge in [0.15, 0.2) is 0 Å². The molecule has 0 spiro atoms. The Hall–Kier alpha value is -1.49. The van der Waals surface area contributed by atoms with Gasteiger partial charge in [0.1, 0.15) is 0 Å². The molecule has 0 bridgehead atoms. The minimum atomic E-state index is -0.804. The monoisotopic (exact) mass is 267 g/mol. The van der Waals surface area contributed by atoms with Gasteiger partial charge in [-0.1, -0.05) is 12.1 Å². The number of nitrogens with one attached hydrogen (secondary N) is 1. The molecule has 0 aliphatic heterocycles. The number of aliphatic carboxylic acids is 1. The number of benzene rings is 1. The number of aryl methyl sites for hydroxylation is 1. The molecule has 1 amide bonds. The predicted molar refractivity (Wildman–Crippen MR) is 74.0 cm³/mol. The zero-order valence-corrected chi connectivity index (χ0v) is 11.3. The minimum absolute atomic E-state index is 0.0271. The van der Waals surface area contributed by atoms with E-state index in [1.807, 2.05) is 25.3 Å². The molecule has 1 atom stereocenters. The Balaban J connectivity index is 2.55. The standard InChI is InChI=1S/C13H17NO3S/c1-9(18-2)13(17)14-11-6-3-10(4-7-11)5-8-12(15)16/h3-4,6-7,9H,5,8H2,1-2H3,(H,14,17)(H,15,16). The van der Waals surface area contributed by atoms with Crippen LogP contribution < -0.4 is 5.32 Å². The van der Waals surface area contributed by atoms with Gasteiger partial charge in [-0.25, -0.2) is 0 Å². The molecule has 1 unspecified atom stereocenters. The summed E-state index contributed by atoms with van der Waals surface area (Å²) >= 11 is 1.49. The lowest BCUT2D eigenvalue weighted by Crippen LogP contribution is -2.21. The molecule has 0 aliphatic rings. The van der Waals surface area contributed by atoms with Crippen molar-refractivity contribution in [3.8, 4) is 0 Å². The molecule has 0 fully saturated rings. The largest absolute Gasteiger partial charge is 0.481 e. The average molecular weight is 267 g/mol. The van der Waals surface area contributed by atoms with E-state index in [-0.39, 0.29) is 17.6 Å². The SMILES string of the molecule is CSC(C)C(=O)Nc1ccc(CCC(=O)O)cc1. The molecule has 1 rings (SSSR count). The summed E-state index contributed by atoms with van der Waals surface area (Å²) in [7, 11) is 0. The van der Waals surface area contributed by atoms with Crippen LogP contribution in [0.15, 0.2) is 24.3 Å². The van der Waals surface area contributed by atoms with Crippen molar-refractivity contribution < 1.29 is 14.7 Å². The Labute approximate surface area is 111 Å². The lowest BCUT2D eigenvalue weighted by atomic mass is 10.1. The van der Waals surface area contributed by atoms with E-state index in [2.05, 4.69) is 5.32 Å². The quantitative estimate of drug-likeness (QED) is 0.830. The van der Waals surface area contributed by atoms with Gasteiger partial charge in [-0.05, 0) is 37.3 Å². The second-order valence-corrected chi connectivity index (χ2v) is 5.14. The molecule has 1 aromatic carbocycles. The van der Waals surface area contributed by atoms with Crippen molar-refractivity contribution in [2.24, 2.45) is 0 Å². The highest BCUT2D eigenvalue weighted by Crippen LogP contribution is 2.13. The molecule has 0 saturated carbocycles. The highest BCUT2D eigenvalue weighted by molar-refractivity contribution is 7.99. The van der Waals surface area contributed by atoms with Gasteiger partial charge < -0.3 is 10.4 Å². The number of carboxylic acids is 1. The molecule has 18 heavy (non-hydrogen) atoms. The van der Waals surface area contributed by atoms with Crippen LogP contribution in [0.3, 0.4) is 0 Å². The number of carbonyl (C=O) groups is 2. The maximum Gasteiger partial charge on any atom is 0.303 e. The molecule has 0 aromatic heterocycles. The fourth-order valence-electron chi connectivity index (χ4n) is 1.36. The second kappa shape index (κ2) is 7.06. The average Bonchev–Trinajstić information content (AvgIpc) is 2.36. The number of hydrogen-bond acceptors (Lipinski definition) is 3. The lowest BCUT2D eigenvalue weighted by molar-refractivity contribution is -0.137. The first-order valence-corrected chi connectivity index (χ1v) is 6.96. The zero-order valence-electron chi connectivity index (χ0n) is 10.5. The minimum Gasteiger partial charge on any atom is -0.481 e. The third-order valence-electron chi connectivity index (χ3n) is 2.57. The van der Waals surface area contributed by atoms with Crippen LogP contribution in [0.1, 0.15) is 18.9 Å². The molecule has 5 heteroatoms. The van der Waals surface area contributed by atoms with Gasteiger partial charge in [0.2, 0.25) is 5.91 Å². The topological polar surface area (TPSA) is 66.4 Å². The number of rotatable bonds is 6. The first-order valence-electron chi connectivity index (χ1n) is 5.67. The van der Waals surface area contributed by atoms with Crippen LogP contribution in [0.5, 0.6) is 0 Å². The lowest BCUT2D eigenvalue weighted by Gasteiger charge is -2.10. The Morgan fingerprint density at radius 3 is 2.44 bits per heavy atom. The molecule has 1 aromatic rings. The Kier molecular flexibility index (Phi) is 5.71. The van der Waals surface area contributed by atoms with Gasteiger partial charge in [-0.2, -0.15) is 11.8 Å². The normalized spacial score (nSPS) is 11.9. The van der Waals surface area contributed by atoms with Crippen molar-refractivity contribution in [3.05, 3.63) is 29.8 Å². The summed E-state index contributed by atoms with van der Waals surface area (Å²) in [4.78, 5) is 22.1. The molecule has 98 valence electrons. The first kappa shape index (κ1) is 14.6. The van der Waals surface area contributed by atoms with Crippen LogP contribution >= 0.6 is 11.8 Å². The van der Waals surface area contributed by atoms with Crippen molar-refractivity contribution in [1.29, 1.82) is 0 Å². The summed E-state index contributed by atoms with van der Waals surface area (Å²) in [5.41, 5.74) is 1.69. The Morgan fingerprint density at radius 2 is 1.94 bits per heavy atom. The molecular weight excluding hydrogens is 250 g/mol. The maximum atomic E-state index is 11.6. The second-order valence-electron chi connectivity index (χ2n) is 3.96. The number of hydrogen-bond donors (Lipinski definition) is 2. The van der Waals surface area contributed by atoms with Gasteiger partial charge >= 0.3 is 5.97 Å². The van der Waals surface area contributed by atoms with Gasteiger partial charge in [0, 0.05) is 12.1 Å². The van der Waals surface area contributed by atoms with E-state index >= 15 is 0 Å². The fourth-order valence-corrected chi connectivity index (χ4v) is 1.63. The predicted octanol–water partition coefficient (Wildman–Crippen LogP) is 2.39. The van der Waals surface area contributed by atoms with E-state index in [1.54, 1.807) is 12.1 Å². The van der Waals surface area contributed by atoms with Crippen LogP contribution in [0.4, 0.5) is 5.69 Å². The van der Waals surface area contributed by atoms with Crippen LogP contribution in [-0.2, 0) is 16.0 Å². The summed E-state index contributed by atoms with van der Waals surface area (Å²) in [6.07, 6.45) is 2.51. The summed E-state index contributed by atoms with van der Waals surface area (Å²) in [6.45, 7) is 1.85. The van der Waals surface area contributed by atoms with Crippen molar-refractivity contribution in [1.82, 2.24) is 0 Å². The van der Waals surface area contributed by atoms with E-state index in [4.69, 9.17) is 5.11 Å². The third-order valence-corrected chi connectivity index (χ3v) is 3.49. The van der Waals surface area contributed by atoms with Gasteiger partial charge in [-0.3, -0.25) is 9.59 Å². The van der Waals surface area contributed by atoms with Gasteiger partial charge in [0.05, 0.1) is 5.25 Å². The molecule has 0 saturated heterocycles. The summed E-state index contributed by atoms with van der Waals surface area (Å²) in [6, 6.07) is 7.26. The smallest absolute Gasteiger partial charge is 0.303 e. The van der Waals surface area contributed by atoms with Crippen molar-refractivity contribution in [2.75, 3.05) is 11.6 Å². The van der Waals surface area contributed by atoms with E-state index < -0.39 is 5.97 Å². The third kappa shape index (κ3) is 4.79. The number of carboxylic acid groups (broad SMARTS) is 1. The molecule has 2 N–H and O–H groups in total. The maximum absolute atomic E-state index is 11.6. The van der Waals surface area contributed by atoms with Crippen LogP contribution in [0, 0.1) is 0 Å². The van der Waals surface area contributed by atoms with Crippen LogP contribution in [-0.4, -0.2) is 28.5 Å². The number of amides is 1. The van der Waals surface area contributed by atoms with E-state index in [0.29, 0.717) is 6.42 Å². The Morgan fingerprint density at radius 1 is 1.33 bits per heavy atom. The van der Waals surface area contributed by atoms with E-state index in [9.17, 15) is 9.59 Å². The fraction of sp³-hybridized carbons (Fsp3) is 0.385.